The van der Waals surface area contributed by atoms with Crippen LogP contribution in [0, 0.1) is 0 Å². The van der Waals surface area contributed by atoms with Crippen molar-refractivity contribution >= 4 is 5.91 Å². The third-order valence-corrected chi connectivity index (χ3v) is 4.10. The van der Waals surface area contributed by atoms with E-state index in [0.717, 1.165) is 23.9 Å². The first-order valence-electron chi connectivity index (χ1n) is 8.70. The summed E-state index contributed by atoms with van der Waals surface area (Å²) >= 11 is 0. The number of amides is 1. The van der Waals surface area contributed by atoms with Gasteiger partial charge in [0.1, 0.15) is 17.2 Å². The monoisotopic (exact) mass is 408 g/mol. The minimum atomic E-state index is -4.53. The van der Waals surface area contributed by atoms with Crippen molar-refractivity contribution in [2.24, 2.45) is 0 Å². The molecule has 1 aliphatic rings. The van der Waals surface area contributed by atoms with Gasteiger partial charge in [0.15, 0.2) is 5.83 Å². The number of hydrogen-bond acceptors (Lipinski definition) is 3. The quantitative estimate of drug-likeness (QED) is 0.283. The number of alkyl halides is 3. The molecule has 0 aliphatic carbocycles. The SMILES string of the molecule is C=C(F)C(=O)N1CC=C(/C(=C/C=C\C)C(=C)Oc2ccc(C(F)(F)F)nc2)CC1. The molecule has 0 atom stereocenters. The Hall–Kier alpha value is -3.16. The fraction of sp³-hybridized carbons (Fsp3) is 0.238. The van der Waals surface area contributed by atoms with Crippen molar-refractivity contribution in [3.8, 4) is 5.75 Å². The summed E-state index contributed by atoms with van der Waals surface area (Å²) in [4.78, 5) is 16.4. The third-order valence-electron chi connectivity index (χ3n) is 4.10. The zero-order valence-electron chi connectivity index (χ0n) is 15.8. The number of allylic oxidation sites excluding steroid dienone is 4. The van der Waals surface area contributed by atoms with Crippen LogP contribution in [0.3, 0.4) is 0 Å². The van der Waals surface area contributed by atoms with Crippen LogP contribution in [0.25, 0.3) is 0 Å². The second kappa shape index (κ2) is 9.36. The number of halogens is 4. The van der Waals surface area contributed by atoms with Gasteiger partial charge in [-0.05, 0) is 31.1 Å². The third kappa shape index (κ3) is 5.91. The van der Waals surface area contributed by atoms with Gasteiger partial charge in [0.25, 0.3) is 5.91 Å². The van der Waals surface area contributed by atoms with Crippen molar-refractivity contribution in [2.45, 2.75) is 19.5 Å². The van der Waals surface area contributed by atoms with Crippen LogP contribution < -0.4 is 4.74 Å². The molecular formula is C21H20F4N2O2. The molecule has 0 saturated heterocycles. The van der Waals surface area contributed by atoms with Crippen molar-refractivity contribution < 1.29 is 27.1 Å². The van der Waals surface area contributed by atoms with Crippen molar-refractivity contribution in [3.05, 3.63) is 84.2 Å². The Balaban J connectivity index is 2.17. The summed E-state index contributed by atoms with van der Waals surface area (Å²) in [6, 6.07) is 1.99. The summed E-state index contributed by atoms with van der Waals surface area (Å²) in [6.45, 7) is 9.17. The largest absolute Gasteiger partial charge is 0.456 e. The number of pyridine rings is 1. The van der Waals surface area contributed by atoms with Crippen LogP contribution in [-0.4, -0.2) is 28.9 Å². The lowest BCUT2D eigenvalue weighted by Gasteiger charge is -2.27. The number of nitrogens with zero attached hydrogens (tertiary/aromatic N) is 2. The van der Waals surface area contributed by atoms with Gasteiger partial charge in [-0.3, -0.25) is 4.79 Å². The van der Waals surface area contributed by atoms with Crippen LogP contribution in [0.4, 0.5) is 17.6 Å². The van der Waals surface area contributed by atoms with Crippen LogP contribution in [0.5, 0.6) is 5.75 Å². The maximum Gasteiger partial charge on any atom is 0.433 e. The average Bonchev–Trinajstić information content (AvgIpc) is 2.68. The zero-order chi connectivity index (χ0) is 21.6. The lowest BCUT2D eigenvalue weighted by atomic mass is 9.97. The van der Waals surface area contributed by atoms with Crippen molar-refractivity contribution in [3.63, 3.8) is 0 Å². The fourth-order valence-corrected chi connectivity index (χ4v) is 2.65. The van der Waals surface area contributed by atoms with E-state index in [1.807, 2.05) is 6.92 Å². The Kier molecular flexibility index (Phi) is 7.14. The molecule has 29 heavy (non-hydrogen) atoms. The second-order valence-corrected chi connectivity index (χ2v) is 6.14. The highest BCUT2D eigenvalue weighted by molar-refractivity contribution is 5.90. The van der Waals surface area contributed by atoms with Gasteiger partial charge in [-0.25, -0.2) is 9.37 Å². The van der Waals surface area contributed by atoms with E-state index >= 15 is 0 Å². The topological polar surface area (TPSA) is 42.4 Å². The van der Waals surface area contributed by atoms with E-state index in [-0.39, 0.29) is 24.6 Å². The summed E-state index contributed by atoms with van der Waals surface area (Å²) in [7, 11) is 0. The van der Waals surface area contributed by atoms with Gasteiger partial charge in [-0.1, -0.05) is 37.5 Å². The highest BCUT2D eigenvalue weighted by atomic mass is 19.4. The molecule has 0 bridgehead atoms. The minimum Gasteiger partial charge on any atom is -0.456 e. The number of rotatable bonds is 6. The molecule has 4 nitrogen and oxygen atoms in total. The molecule has 0 radical (unpaired) electrons. The molecule has 2 rings (SSSR count). The van der Waals surface area contributed by atoms with Gasteiger partial charge in [-0.15, -0.1) is 0 Å². The maximum atomic E-state index is 13.0. The van der Waals surface area contributed by atoms with Gasteiger partial charge in [0.2, 0.25) is 0 Å². The number of carbonyl (C=O) groups excluding carboxylic acids is 1. The van der Waals surface area contributed by atoms with Gasteiger partial charge in [0, 0.05) is 18.7 Å². The van der Waals surface area contributed by atoms with E-state index in [1.54, 1.807) is 24.3 Å². The standard InChI is InChI=1S/C21H20F4N2O2/c1-4-5-6-18(16-9-11-27(12-10-16)20(28)14(2)22)15(3)29-17-7-8-19(26-13-17)21(23,24)25/h4-9,13H,2-3,10-12H2,1H3/b5-4-,18-6+. The van der Waals surface area contributed by atoms with Crippen LogP contribution in [0.15, 0.2) is 78.5 Å². The minimum absolute atomic E-state index is 0.108. The molecule has 1 aromatic heterocycles. The Morgan fingerprint density at radius 2 is 2.03 bits per heavy atom. The lowest BCUT2D eigenvalue weighted by Crippen LogP contribution is -2.35. The molecule has 8 heteroatoms. The number of hydrogen-bond donors (Lipinski definition) is 0. The molecule has 1 aromatic rings. The predicted octanol–water partition coefficient (Wildman–Crippen LogP) is 5.14. The lowest BCUT2D eigenvalue weighted by molar-refractivity contribution is -0.141. The van der Waals surface area contributed by atoms with Crippen LogP contribution in [0.2, 0.25) is 0 Å². The van der Waals surface area contributed by atoms with Crippen LogP contribution in [-0.2, 0) is 11.0 Å². The van der Waals surface area contributed by atoms with Crippen molar-refractivity contribution in [1.82, 2.24) is 9.88 Å². The number of carbonyl (C=O) groups is 1. The Labute approximate surface area is 166 Å². The smallest absolute Gasteiger partial charge is 0.433 e. The van der Waals surface area contributed by atoms with Gasteiger partial charge >= 0.3 is 6.18 Å². The molecule has 0 spiro atoms. The van der Waals surface area contributed by atoms with E-state index in [4.69, 9.17) is 4.74 Å². The molecule has 0 aromatic carbocycles. The molecule has 0 N–H and O–H groups in total. The number of ether oxygens (including phenoxy) is 1. The first-order valence-corrected chi connectivity index (χ1v) is 8.70. The Bertz CT molecular complexity index is 881. The highest BCUT2D eigenvalue weighted by Gasteiger charge is 2.32. The van der Waals surface area contributed by atoms with Gasteiger partial charge < -0.3 is 9.64 Å². The van der Waals surface area contributed by atoms with Gasteiger partial charge in [-0.2, -0.15) is 13.2 Å². The normalized spacial score (nSPS) is 15.3. The van der Waals surface area contributed by atoms with Gasteiger partial charge in [0.05, 0.1) is 6.20 Å². The number of aromatic nitrogens is 1. The Morgan fingerprint density at radius 1 is 1.31 bits per heavy atom. The summed E-state index contributed by atoms with van der Waals surface area (Å²) in [5.41, 5.74) is 0.421. The van der Waals surface area contributed by atoms with E-state index < -0.39 is 23.6 Å². The molecule has 1 amide bonds. The highest BCUT2D eigenvalue weighted by Crippen LogP contribution is 2.30. The van der Waals surface area contributed by atoms with E-state index in [1.165, 1.54) is 4.90 Å². The predicted molar refractivity (Wildman–Crippen MR) is 101 cm³/mol. The molecular weight excluding hydrogens is 388 g/mol. The summed E-state index contributed by atoms with van der Waals surface area (Å²) in [6.07, 6.45) is 3.92. The molecule has 1 aliphatic heterocycles. The second-order valence-electron chi connectivity index (χ2n) is 6.14. The van der Waals surface area contributed by atoms with E-state index in [2.05, 4.69) is 18.1 Å². The summed E-state index contributed by atoms with van der Waals surface area (Å²) < 4.78 is 56.5. The van der Waals surface area contributed by atoms with Crippen molar-refractivity contribution in [2.75, 3.05) is 13.1 Å². The fourth-order valence-electron chi connectivity index (χ4n) is 2.65. The molecule has 2 heterocycles. The first kappa shape index (κ1) is 22.1. The average molecular weight is 408 g/mol. The van der Waals surface area contributed by atoms with Crippen LogP contribution >= 0.6 is 0 Å². The van der Waals surface area contributed by atoms with E-state index in [9.17, 15) is 22.4 Å². The Morgan fingerprint density at radius 3 is 2.52 bits per heavy atom. The zero-order valence-corrected chi connectivity index (χ0v) is 15.8. The van der Waals surface area contributed by atoms with Crippen LogP contribution in [0.1, 0.15) is 19.0 Å². The molecule has 154 valence electrons. The molecule has 0 unspecified atom stereocenters. The summed E-state index contributed by atoms with van der Waals surface area (Å²) in [5.74, 6) is -1.46. The summed E-state index contributed by atoms with van der Waals surface area (Å²) in [5, 5.41) is 0. The van der Waals surface area contributed by atoms with E-state index in [0.29, 0.717) is 12.0 Å². The van der Waals surface area contributed by atoms with Crippen molar-refractivity contribution in [1.29, 1.82) is 0 Å². The maximum absolute atomic E-state index is 13.0. The molecule has 0 fully saturated rings. The molecule has 0 saturated carbocycles. The first-order chi connectivity index (χ1) is 13.6.